The van der Waals surface area contributed by atoms with Gasteiger partial charge in [0.15, 0.2) is 5.13 Å². The van der Waals surface area contributed by atoms with E-state index in [1.165, 1.54) is 16.9 Å². The SMILES string of the molecule is Cl.Nc1nc(Cc2ccccc2)cs1. The summed E-state index contributed by atoms with van der Waals surface area (Å²) in [7, 11) is 0. The molecule has 2 rings (SSSR count). The number of hydrogen-bond donors (Lipinski definition) is 1. The first-order valence-electron chi connectivity index (χ1n) is 4.08. The predicted octanol–water partition coefficient (Wildman–Crippen LogP) is 2.74. The van der Waals surface area contributed by atoms with E-state index in [-0.39, 0.29) is 12.4 Å². The van der Waals surface area contributed by atoms with E-state index in [2.05, 4.69) is 17.1 Å². The van der Waals surface area contributed by atoms with Gasteiger partial charge in [-0.05, 0) is 5.56 Å². The number of rotatable bonds is 2. The molecule has 2 aromatic rings. The van der Waals surface area contributed by atoms with Crippen molar-refractivity contribution in [3.8, 4) is 0 Å². The van der Waals surface area contributed by atoms with Gasteiger partial charge in [0.25, 0.3) is 0 Å². The molecule has 2 N–H and O–H groups in total. The zero-order valence-corrected chi connectivity index (χ0v) is 9.15. The first kappa shape index (κ1) is 11.0. The highest BCUT2D eigenvalue weighted by molar-refractivity contribution is 7.13. The fourth-order valence-corrected chi connectivity index (χ4v) is 1.77. The molecule has 0 saturated carbocycles. The van der Waals surface area contributed by atoms with Crippen molar-refractivity contribution in [1.82, 2.24) is 4.98 Å². The molecule has 1 heterocycles. The molecule has 0 atom stereocenters. The minimum atomic E-state index is 0. The number of nitrogens with two attached hydrogens (primary N) is 1. The molecule has 0 amide bonds. The van der Waals surface area contributed by atoms with Crippen LogP contribution in [0.2, 0.25) is 0 Å². The lowest BCUT2D eigenvalue weighted by Crippen LogP contribution is -1.89. The Bertz CT molecular complexity index is 386. The standard InChI is InChI=1S/C10H10N2S.ClH/c11-10-12-9(7-13-10)6-8-4-2-1-3-5-8;/h1-5,7H,6H2,(H2,11,12);1H. The number of nitrogen functional groups attached to an aromatic ring is 1. The quantitative estimate of drug-likeness (QED) is 0.855. The van der Waals surface area contributed by atoms with E-state index in [0.29, 0.717) is 5.13 Å². The molecule has 74 valence electrons. The second-order valence-corrected chi connectivity index (χ2v) is 3.73. The zero-order chi connectivity index (χ0) is 9.10. The molecule has 0 saturated heterocycles. The number of anilines is 1. The topological polar surface area (TPSA) is 38.9 Å². The minimum absolute atomic E-state index is 0. The summed E-state index contributed by atoms with van der Waals surface area (Å²) in [5.74, 6) is 0. The molecule has 0 bridgehead atoms. The van der Waals surface area contributed by atoms with Crippen LogP contribution in [-0.2, 0) is 6.42 Å². The van der Waals surface area contributed by atoms with E-state index >= 15 is 0 Å². The van der Waals surface area contributed by atoms with Crippen LogP contribution in [0, 0.1) is 0 Å². The van der Waals surface area contributed by atoms with Crippen LogP contribution in [0.25, 0.3) is 0 Å². The van der Waals surface area contributed by atoms with E-state index in [1.54, 1.807) is 0 Å². The van der Waals surface area contributed by atoms with Gasteiger partial charge in [-0.25, -0.2) is 4.98 Å². The summed E-state index contributed by atoms with van der Waals surface area (Å²) in [6.45, 7) is 0. The van der Waals surface area contributed by atoms with Crippen molar-refractivity contribution in [2.45, 2.75) is 6.42 Å². The molecule has 0 aliphatic heterocycles. The first-order chi connectivity index (χ1) is 6.34. The van der Waals surface area contributed by atoms with Gasteiger partial charge in [-0.15, -0.1) is 23.7 Å². The normalized spacial score (nSPS) is 9.43. The lowest BCUT2D eigenvalue weighted by Gasteiger charge is -1.95. The molecular formula is C10H11ClN2S. The highest BCUT2D eigenvalue weighted by Gasteiger charge is 1.99. The van der Waals surface area contributed by atoms with Crippen molar-refractivity contribution >= 4 is 28.9 Å². The summed E-state index contributed by atoms with van der Waals surface area (Å²) >= 11 is 1.49. The highest BCUT2D eigenvalue weighted by atomic mass is 35.5. The van der Waals surface area contributed by atoms with E-state index in [1.807, 2.05) is 23.6 Å². The van der Waals surface area contributed by atoms with Crippen LogP contribution in [-0.4, -0.2) is 4.98 Å². The molecule has 4 heteroatoms. The van der Waals surface area contributed by atoms with Crippen LogP contribution in [0.3, 0.4) is 0 Å². The summed E-state index contributed by atoms with van der Waals surface area (Å²) in [6, 6.07) is 10.3. The van der Waals surface area contributed by atoms with Crippen LogP contribution in [0.1, 0.15) is 11.3 Å². The highest BCUT2D eigenvalue weighted by Crippen LogP contribution is 2.14. The van der Waals surface area contributed by atoms with E-state index < -0.39 is 0 Å². The third kappa shape index (κ3) is 2.72. The average molecular weight is 227 g/mol. The molecule has 0 aliphatic carbocycles. The Morgan fingerprint density at radius 1 is 1.21 bits per heavy atom. The first-order valence-corrected chi connectivity index (χ1v) is 4.96. The predicted molar refractivity (Wildman–Crippen MR) is 63.0 cm³/mol. The Kier molecular flexibility index (Phi) is 3.92. The van der Waals surface area contributed by atoms with Crippen LogP contribution >= 0.6 is 23.7 Å². The smallest absolute Gasteiger partial charge is 0.180 e. The van der Waals surface area contributed by atoms with E-state index in [9.17, 15) is 0 Å². The molecule has 0 fully saturated rings. The molecule has 1 aromatic heterocycles. The van der Waals surface area contributed by atoms with Gasteiger partial charge in [0, 0.05) is 11.8 Å². The number of benzene rings is 1. The second-order valence-electron chi connectivity index (χ2n) is 2.84. The van der Waals surface area contributed by atoms with E-state index in [0.717, 1.165) is 12.1 Å². The number of nitrogens with zero attached hydrogens (tertiary/aromatic N) is 1. The maximum atomic E-state index is 5.54. The van der Waals surface area contributed by atoms with Gasteiger partial charge in [-0.1, -0.05) is 30.3 Å². The average Bonchev–Trinajstić information content (AvgIpc) is 2.53. The van der Waals surface area contributed by atoms with Crippen molar-refractivity contribution < 1.29 is 0 Å². The Morgan fingerprint density at radius 2 is 1.93 bits per heavy atom. The third-order valence-corrected chi connectivity index (χ3v) is 2.52. The summed E-state index contributed by atoms with van der Waals surface area (Å²) in [5, 5.41) is 2.65. The number of halogens is 1. The number of aromatic nitrogens is 1. The zero-order valence-electron chi connectivity index (χ0n) is 7.51. The number of hydrogen-bond acceptors (Lipinski definition) is 3. The molecule has 1 aromatic carbocycles. The largest absolute Gasteiger partial charge is 0.375 e. The minimum Gasteiger partial charge on any atom is -0.375 e. The fourth-order valence-electron chi connectivity index (χ4n) is 1.21. The molecule has 2 nitrogen and oxygen atoms in total. The van der Waals surface area contributed by atoms with Gasteiger partial charge in [-0.2, -0.15) is 0 Å². The second kappa shape index (κ2) is 4.98. The maximum absolute atomic E-state index is 5.54. The Labute approximate surface area is 93.2 Å². The summed E-state index contributed by atoms with van der Waals surface area (Å²) in [4.78, 5) is 4.20. The third-order valence-electron chi connectivity index (χ3n) is 1.80. The number of thiazole rings is 1. The van der Waals surface area contributed by atoms with Gasteiger partial charge in [0.2, 0.25) is 0 Å². The van der Waals surface area contributed by atoms with Gasteiger partial charge >= 0.3 is 0 Å². The Balaban J connectivity index is 0.000000980. The molecule has 14 heavy (non-hydrogen) atoms. The maximum Gasteiger partial charge on any atom is 0.180 e. The molecule has 0 radical (unpaired) electrons. The lowest BCUT2D eigenvalue weighted by atomic mass is 10.1. The van der Waals surface area contributed by atoms with Gasteiger partial charge < -0.3 is 5.73 Å². The summed E-state index contributed by atoms with van der Waals surface area (Å²) < 4.78 is 0. The van der Waals surface area contributed by atoms with Crippen LogP contribution in [0.5, 0.6) is 0 Å². The summed E-state index contributed by atoms with van der Waals surface area (Å²) in [5.41, 5.74) is 7.86. The van der Waals surface area contributed by atoms with Crippen LogP contribution in [0.15, 0.2) is 35.7 Å². The van der Waals surface area contributed by atoms with Crippen molar-refractivity contribution in [2.24, 2.45) is 0 Å². The van der Waals surface area contributed by atoms with Gasteiger partial charge in [-0.3, -0.25) is 0 Å². The van der Waals surface area contributed by atoms with Crippen LogP contribution in [0.4, 0.5) is 5.13 Å². The van der Waals surface area contributed by atoms with Crippen LogP contribution < -0.4 is 5.73 Å². The fraction of sp³-hybridized carbons (Fsp3) is 0.100. The lowest BCUT2D eigenvalue weighted by molar-refractivity contribution is 1.11. The van der Waals surface area contributed by atoms with Crippen molar-refractivity contribution in [1.29, 1.82) is 0 Å². The van der Waals surface area contributed by atoms with E-state index in [4.69, 9.17) is 5.73 Å². The molecular weight excluding hydrogens is 216 g/mol. The Morgan fingerprint density at radius 3 is 2.50 bits per heavy atom. The monoisotopic (exact) mass is 226 g/mol. The van der Waals surface area contributed by atoms with Gasteiger partial charge in [0.1, 0.15) is 0 Å². The Hall–Kier alpha value is -1.06. The molecule has 0 spiro atoms. The van der Waals surface area contributed by atoms with Gasteiger partial charge in [0.05, 0.1) is 5.69 Å². The summed E-state index contributed by atoms with van der Waals surface area (Å²) in [6.07, 6.45) is 0.870. The van der Waals surface area contributed by atoms with Crippen molar-refractivity contribution in [3.63, 3.8) is 0 Å². The molecule has 0 unspecified atom stereocenters. The molecule has 0 aliphatic rings. The van der Waals surface area contributed by atoms with Crippen molar-refractivity contribution in [3.05, 3.63) is 47.0 Å². The van der Waals surface area contributed by atoms with Crippen molar-refractivity contribution in [2.75, 3.05) is 5.73 Å².